The molecule has 3 unspecified atom stereocenters. The van der Waals surface area contributed by atoms with E-state index in [0.29, 0.717) is 5.92 Å². The predicted octanol–water partition coefficient (Wildman–Crippen LogP) is 0.885. The number of methoxy groups -OCH3 is 1. The van der Waals surface area contributed by atoms with Crippen LogP contribution in [0.2, 0.25) is 0 Å². The Hall–Kier alpha value is -0.160. The van der Waals surface area contributed by atoms with Crippen LogP contribution in [0.15, 0.2) is 0 Å². The summed E-state index contributed by atoms with van der Waals surface area (Å²) >= 11 is 0. The Kier molecular flexibility index (Phi) is 4.42. The second kappa shape index (κ2) is 5.65. The van der Waals surface area contributed by atoms with Gasteiger partial charge in [0.2, 0.25) is 0 Å². The summed E-state index contributed by atoms with van der Waals surface area (Å²) in [6.45, 7) is 6.43. The summed E-state index contributed by atoms with van der Waals surface area (Å²) in [5.41, 5.74) is -0.0376. The summed E-state index contributed by atoms with van der Waals surface area (Å²) in [4.78, 5) is 2.33. The van der Waals surface area contributed by atoms with Crippen molar-refractivity contribution in [3.8, 4) is 0 Å². The zero-order valence-corrected chi connectivity index (χ0v) is 11.0. The molecule has 0 aromatic carbocycles. The molecule has 1 N–H and O–H groups in total. The van der Waals surface area contributed by atoms with Crippen molar-refractivity contribution in [3.63, 3.8) is 0 Å². The highest BCUT2D eigenvalue weighted by Crippen LogP contribution is 2.25. The molecule has 0 aromatic heterocycles. The molecule has 2 aliphatic heterocycles. The molecule has 4 nitrogen and oxygen atoms in total. The highest BCUT2D eigenvalue weighted by molar-refractivity contribution is 4.86. The largest absolute Gasteiger partial charge is 0.391 e. The summed E-state index contributed by atoms with van der Waals surface area (Å²) in [5.74, 6) is 0.325. The van der Waals surface area contributed by atoms with Crippen molar-refractivity contribution in [3.05, 3.63) is 0 Å². The molecule has 2 aliphatic rings. The van der Waals surface area contributed by atoms with E-state index < -0.39 is 0 Å². The number of hydrogen-bond acceptors (Lipinski definition) is 4. The van der Waals surface area contributed by atoms with Crippen LogP contribution in [0.4, 0.5) is 0 Å². The Morgan fingerprint density at radius 3 is 3.06 bits per heavy atom. The number of piperidine rings is 1. The molecular weight excluding hydrogens is 218 g/mol. The predicted molar refractivity (Wildman–Crippen MR) is 66.0 cm³/mol. The van der Waals surface area contributed by atoms with Crippen LogP contribution in [0.5, 0.6) is 0 Å². The maximum Gasteiger partial charge on any atom is 0.0777 e. The lowest BCUT2D eigenvalue weighted by Gasteiger charge is -2.40. The van der Waals surface area contributed by atoms with Crippen molar-refractivity contribution in [2.75, 3.05) is 40.0 Å². The van der Waals surface area contributed by atoms with E-state index in [1.54, 1.807) is 7.11 Å². The van der Waals surface area contributed by atoms with Gasteiger partial charge in [-0.3, -0.25) is 4.90 Å². The third-order valence-corrected chi connectivity index (χ3v) is 4.19. The summed E-state index contributed by atoms with van der Waals surface area (Å²) in [5, 5.41) is 10.2. The van der Waals surface area contributed by atoms with Crippen molar-refractivity contribution >= 4 is 0 Å². The molecule has 0 spiro atoms. The quantitative estimate of drug-likeness (QED) is 0.796. The van der Waals surface area contributed by atoms with Crippen molar-refractivity contribution in [1.82, 2.24) is 4.90 Å². The summed E-state index contributed by atoms with van der Waals surface area (Å²) < 4.78 is 10.9. The maximum atomic E-state index is 10.2. The van der Waals surface area contributed by atoms with E-state index in [1.165, 1.54) is 0 Å². The average molecular weight is 243 g/mol. The van der Waals surface area contributed by atoms with Crippen LogP contribution in [0, 0.1) is 5.92 Å². The van der Waals surface area contributed by atoms with Gasteiger partial charge in [0.05, 0.1) is 18.3 Å². The first-order valence-corrected chi connectivity index (χ1v) is 6.66. The number of hydrogen-bond donors (Lipinski definition) is 1. The molecule has 2 fully saturated rings. The molecule has 0 radical (unpaired) electrons. The van der Waals surface area contributed by atoms with Crippen LogP contribution >= 0.6 is 0 Å². The molecule has 17 heavy (non-hydrogen) atoms. The van der Waals surface area contributed by atoms with E-state index in [2.05, 4.69) is 11.8 Å². The summed E-state index contributed by atoms with van der Waals surface area (Å²) in [6, 6.07) is 0. The minimum absolute atomic E-state index is 0.0376. The summed E-state index contributed by atoms with van der Waals surface area (Å²) in [7, 11) is 1.78. The van der Waals surface area contributed by atoms with Gasteiger partial charge in [0.25, 0.3) is 0 Å². The molecule has 2 heterocycles. The lowest BCUT2D eigenvalue weighted by Crippen LogP contribution is -2.50. The second-order valence-corrected chi connectivity index (χ2v) is 5.68. The van der Waals surface area contributed by atoms with Gasteiger partial charge in [0.1, 0.15) is 0 Å². The van der Waals surface area contributed by atoms with Crippen LogP contribution in [-0.4, -0.2) is 61.7 Å². The van der Waals surface area contributed by atoms with Gasteiger partial charge in [0.15, 0.2) is 0 Å². The Balaban J connectivity index is 1.81. The number of nitrogens with zero attached hydrogens (tertiary/aromatic N) is 1. The molecule has 4 heteroatoms. The highest BCUT2D eigenvalue weighted by Gasteiger charge is 2.33. The lowest BCUT2D eigenvalue weighted by atomic mass is 9.93. The Bertz CT molecular complexity index is 243. The molecule has 3 atom stereocenters. The van der Waals surface area contributed by atoms with Crippen LogP contribution in [0.25, 0.3) is 0 Å². The van der Waals surface area contributed by atoms with E-state index in [1.807, 2.05) is 0 Å². The normalized spacial score (nSPS) is 37.2. The molecule has 2 rings (SSSR count). The third kappa shape index (κ3) is 3.41. The first kappa shape index (κ1) is 13.3. The Labute approximate surface area is 104 Å². The van der Waals surface area contributed by atoms with Gasteiger partial charge in [-0.25, -0.2) is 0 Å². The lowest BCUT2D eigenvalue weighted by molar-refractivity contribution is -0.0625. The molecule has 0 bridgehead atoms. The van der Waals surface area contributed by atoms with Crippen LogP contribution < -0.4 is 0 Å². The standard InChI is InChI=1S/C13H25NO3/c1-13(16-2)5-3-6-14(10-13)8-12(15)11-4-7-17-9-11/h11-12,15H,3-10H2,1-2H3. The summed E-state index contributed by atoms with van der Waals surface area (Å²) in [6.07, 6.45) is 3.01. The average Bonchev–Trinajstić information content (AvgIpc) is 2.82. The zero-order valence-electron chi connectivity index (χ0n) is 11.0. The van der Waals surface area contributed by atoms with Gasteiger partial charge in [-0.15, -0.1) is 0 Å². The molecule has 0 saturated carbocycles. The number of aliphatic hydroxyl groups excluding tert-OH is 1. The second-order valence-electron chi connectivity index (χ2n) is 5.68. The Morgan fingerprint density at radius 2 is 2.41 bits per heavy atom. The van der Waals surface area contributed by atoms with Gasteiger partial charge in [0, 0.05) is 32.7 Å². The van der Waals surface area contributed by atoms with Crippen LogP contribution in [0.3, 0.4) is 0 Å². The van der Waals surface area contributed by atoms with Gasteiger partial charge < -0.3 is 14.6 Å². The fourth-order valence-corrected chi connectivity index (χ4v) is 2.90. The molecule has 0 amide bonds. The van der Waals surface area contributed by atoms with Crippen molar-refractivity contribution in [2.24, 2.45) is 5.92 Å². The first-order chi connectivity index (χ1) is 8.13. The van der Waals surface area contributed by atoms with E-state index in [0.717, 1.165) is 52.1 Å². The minimum Gasteiger partial charge on any atom is -0.391 e. The number of β-amino-alcohol motifs (C(OH)–C–C–N with tert-alkyl or cyclic N) is 1. The SMILES string of the molecule is COC1(C)CCCN(CC(O)C2CCOC2)C1. The van der Waals surface area contributed by atoms with E-state index in [-0.39, 0.29) is 11.7 Å². The first-order valence-electron chi connectivity index (χ1n) is 6.66. The fraction of sp³-hybridized carbons (Fsp3) is 1.00. The molecule has 0 aromatic rings. The zero-order chi connectivity index (χ0) is 12.3. The van der Waals surface area contributed by atoms with Crippen LogP contribution in [-0.2, 0) is 9.47 Å². The van der Waals surface area contributed by atoms with Crippen molar-refractivity contribution in [1.29, 1.82) is 0 Å². The number of rotatable bonds is 4. The van der Waals surface area contributed by atoms with Crippen molar-refractivity contribution < 1.29 is 14.6 Å². The molecular formula is C13H25NO3. The van der Waals surface area contributed by atoms with Gasteiger partial charge in [-0.2, -0.15) is 0 Å². The number of likely N-dealkylation sites (tertiary alicyclic amines) is 1. The van der Waals surface area contributed by atoms with Crippen LogP contribution in [0.1, 0.15) is 26.2 Å². The smallest absolute Gasteiger partial charge is 0.0777 e. The Morgan fingerprint density at radius 1 is 1.59 bits per heavy atom. The van der Waals surface area contributed by atoms with E-state index in [4.69, 9.17) is 9.47 Å². The molecule has 2 saturated heterocycles. The van der Waals surface area contributed by atoms with Crippen molar-refractivity contribution in [2.45, 2.75) is 37.9 Å². The fourth-order valence-electron chi connectivity index (χ4n) is 2.90. The van der Waals surface area contributed by atoms with E-state index >= 15 is 0 Å². The van der Waals surface area contributed by atoms with Gasteiger partial charge in [-0.05, 0) is 32.7 Å². The monoisotopic (exact) mass is 243 g/mol. The third-order valence-electron chi connectivity index (χ3n) is 4.19. The van der Waals surface area contributed by atoms with Gasteiger partial charge >= 0.3 is 0 Å². The molecule has 100 valence electrons. The van der Waals surface area contributed by atoms with Gasteiger partial charge in [-0.1, -0.05) is 0 Å². The topological polar surface area (TPSA) is 41.9 Å². The maximum absolute atomic E-state index is 10.2. The molecule has 0 aliphatic carbocycles. The van der Waals surface area contributed by atoms with E-state index in [9.17, 15) is 5.11 Å². The highest BCUT2D eigenvalue weighted by atomic mass is 16.5. The minimum atomic E-state index is -0.253. The number of aliphatic hydroxyl groups is 1. The number of ether oxygens (including phenoxy) is 2.